The molecule has 1 amide bonds. The molecule has 2 heteroatoms. The molecule has 0 aromatic rings. The average molecular weight is 412 g/mol. The fourth-order valence-electron chi connectivity index (χ4n) is 9.35. The molecule has 4 fully saturated rings. The van der Waals surface area contributed by atoms with Crippen LogP contribution >= 0.6 is 0 Å². The number of rotatable bonds is 4. The van der Waals surface area contributed by atoms with Crippen molar-refractivity contribution in [1.82, 2.24) is 4.90 Å². The summed E-state index contributed by atoms with van der Waals surface area (Å²) in [6, 6.07) is 0. The number of carbonyl (C=O) groups is 1. The molecule has 0 aromatic carbocycles. The van der Waals surface area contributed by atoms with Gasteiger partial charge in [-0.05, 0) is 111 Å². The molecule has 168 valence electrons. The molecule has 0 spiro atoms. The van der Waals surface area contributed by atoms with Crippen LogP contribution in [0, 0.1) is 40.4 Å². The van der Waals surface area contributed by atoms with Crippen molar-refractivity contribution in [2.45, 2.75) is 104 Å². The number of nitrogens with zero attached hydrogens (tertiary/aromatic N) is 1. The molecule has 1 heterocycles. The van der Waals surface area contributed by atoms with Crippen molar-refractivity contribution in [3.05, 3.63) is 11.6 Å². The van der Waals surface area contributed by atoms with Crippen molar-refractivity contribution >= 4 is 5.91 Å². The summed E-state index contributed by atoms with van der Waals surface area (Å²) >= 11 is 0. The van der Waals surface area contributed by atoms with Gasteiger partial charge in [0.15, 0.2) is 0 Å². The minimum absolute atomic E-state index is 0.429. The Morgan fingerprint density at radius 1 is 1.07 bits per heavy atom. The van der Waals surface area contributed by atoms with Crippen LogP contribution in [0.3, 0.4) is 0 Å². The molecule has 3 saturated carbocycles. The summed E-state index contributed by atoms with van der Waals surface area (Å²) < 4.78 is 0. The normalized spacial score (nSPS) is 44.1. The topological polar surface area (TPSA) is 20.3 Å². The fraction of sp³-hybridized carbons (Fsp3) is 0.893. The molecule has 30 heavy (non-hydrogen) atoms. The van der Waals surface area contributed by atoms with Gasteiger partial charge < -0.3 is 4.90 Å². The van der Waals surface area contributed by atoms with E-state index in [1.807, 2.05) is 5.57 Å². The third kappa shape index (κ3) is 3.30. The Balaban J connectivity index is 1.27. The lowest BCUT2D eigenvalue weighted by Crippen LogP contribution is -2.50. The van der Waals surface area contributed by atoms with E-state index in [0.29, 0.717) is 22.7 Å². The summed E-state index contributed by atoms with van der Waals surface area (Å²) in [4.78, 5) is 14.7. The third-order valence-electron chi connectivity index (χ3n) is 11.1. The highest BCUT2D eigenvalue weighted by Gasteiger charge is 2.58. The lowest BCUT2D eigenvalue weighted by atomic mass is 9.47. The Bertz CT molecular complexity index is 691. The summed E-state index contributed by atoms with van der Waals surface area (Å²) in [6.07, 6.45) is 19.9. The SMILES string of the molecule is CC(CCC(=O)N1CCCC1)C1CCC2C3CC=C4CCCCC4(C)C3CCC12C. The van der Waals surface area contributed by atoms with Crippen molar-refractivity contribution in [3.8, 4) is 0 Å². The van der Waals surface area contributed by atoms with Crippen LogP contribution in [0.2, 0.25) is 0 Å². The molecular formula is C28H45NO. The average Bonchev–Trinajstić information content (AvgIpc) is 3.39. The zero-order valence-corrected chi connectivity index (χ0v) is 19.9. The quantitative estimate of drug-likeness (QED) is 0.456. The van der Waals surface area contributed by atoms with Gasteiger partial charge in [-0.1, -0.05) is 38.8 Å². The van der Waals surface area contributed by atoms with Gasteiger partial charge in [0.2, 0.25) is 5.91 Å². The van der Waals surface area contributed by atoms with Gasteiger partial charge in [0.25, 0.3) is 0 Å². The molecule has 7 unspecified atom stereocenters. The molecule has 1 aliphatic heterocycles. The number of likely N-dealkylation sites (tertiary alicyclic amines) is 1. The van der Waals surface area contributed by atoms with Gasteiger partial charge in [-0.25, -0.2) is 0 Å². The van der Waals surface area contributed by atoms with E-state index in [1.165, 1.54) is 70.6 Å². The number of carbonyl (C=O) groups excluding carboxylic acids is 1. The zero-order valence-electron chi connectivity index (χ0n) is 19.9. The van der Waals surface area contributed by atoms with Crippen LogP contribution in [0.1, 0.15) is 104 Å². The van der Waals surface area contributed by atoms with Crippen LogP contribution in [0.4, 0.5) is 0 Å². The Morgan fingerprint density at radius 3 is 2.67 bits per heavy atom. The van der Waals surface area contributed by atoms with Gasteiger partial charge in [0.1, 0.15) is 0 Å². The van der Waals surface area contributed by atoms with E-state index in [0.717, 1.165) is 49.6 Å². The van der Waals surface area contributed by atoms with Gasteiger partial charge in [0, 0.05) is 19.5 Å². The molecule has 2 nitrogen and oxygen atoms in total. The van der Waals surface area contributed by atoms with Crippen molar-refractivity contribution < 1.29 is 4.79 Å². The Hall–Kier alpha value is -0.790. The molecule has 0 N–H and O–H groups in total. The second-order valence-corrected chi connectivity index (χ2v) is 12.3. The smallest absolute Gasteiger partial charge is 0.222 e. The van der Waals surface area contributed by atoms with Crippen molar-refractivity contribution in [3.63, 3.8) is 0 Å². The van der Waals surface area contributed by atoms with Crippen molar-refractivity contribution in [2.75, 3.05) is 13.1 Å². The number of amides is 1. The van der Waals surface area contributed by atoms with E-state index in [4.69, 9.17) is 0 Å². The molecule has 4 aliphatic carbocycles. The van der Waals surface area contributed by atoms with Gasteiger partial charge >= 0.3 is 0 Å². The lowest BCUT2D eigenvalue weighted by Gasteiger charge is -2.58. The first kappa shape index (κ1) is 21.1. The first-order valence-electron chi connectivity index (χ1n) is 13.4. The first-order valence-corrected chi connectivity index (χ1v) is 13.4. The Morgan fingerprint density at radius 2 is 1.87 bits per heavy atom. The maximum Gasteiger partial charge on any atom is 0.222 e. The summed E-state index contributed by atoms with van der Waals surface area (Å²) in [6.45, 7) is 9.79. The van der Waals surface area contributed by atoms with Crippen LogP contribution in [-0.4, -0.2) is 23.9 Å². The third-order valence-corrected chi connectivity index (χ3v) is 11.1. The van der Waals surface area contributed by atoms with Gasteiger partial charge in [-0.2, -0.15) is 0 Å². The molecule has 7 atom stereocenters. The van der Waals surface area contributed by atoms with E-state index >= 15 is 0 Å². The predicted molar refractivity (Wildman–Crippen MR) is 124 cm³/mol. The molecular weight excluding hydrogens is 366 g/mol. The van der Waals surface area contributed by atoms with E-state index in [9.17, 15) is 4.79 Å². The maximum absolute atomic E-state index is 12.6. The van der Waals surface area contributed by atoms with E-state index < -0.39 is 0 Å². The van der Waals surface area contributed by atoms with Crippen LogP contribution < -0.4 is 0 Å². The predicted octanol–water partition coefficient (Wildman–Crippen LogP) is 6.99. The Labute approximate surface area is 185 Å². The number of hydrogen-bond acceptors (Lipinski definition) is 1. The first-order chi connectivity index (χ1) is 14.4. The molecule has 5 aliphatic rings. The highest BCUT2D eigenvalue weighted by atomic mass is 16.2. The molecule has 0 aromatic heterocycles. The van der Waals surface area contributed by atoms with Crippen LogP contribution in [0.25, 0.3) is 0 Å². The van der Waals surface area contributed by atoms with Crippen molar-refractivity contribution in [2.24, 2.45) is 40.4 Å². The highest BCUT2D eigenvalue weighted by molar-refractivity contribution is 5.76. The maximum atomic E-state index is 12.6. The molecule has 0 radical (unpaired) electrons. The number of fused-ring (bicyclic) bond motifs is 5. The standard InChI is InChI=1S/C28H45NO/c1-20(9-14-26(30)29-18-6-7-19-29)23-12-13-24-22-11-10-21-8-4-5-16-27(21,2)25(22)15-17-28(23,24)3/h10,20,22-25H,4-9,11-19H2,1-3H3. The van der Waals surface area contributed by atoms with E-state index in [1.54, 1.807) is 0 Å². The summed E-state index contributed by atoms with van der Waals surface area (Å²) in [7, 11) is 0. The van der Waals surface area contributed by atoms with Crippen LogP contribution in [0.15, 0.2) is 11.6 Å². The van der Waals surface area contributed by atoms with E-state index in [-0.39, 0.29) is 0 Å². The zero-order chi connectivity index (χ0) is 20.9. The lowest BCUT2D eigenvalue weighted by molar-refractivity contribution is -0.130. The van der Waals surface area contributed by atoms with Crippen molar-refractivity contribution in [1.29, 1.82) is 0 Å². The largest absolute Gasteiger partial charge is 0.343 e. The highest BCUT2D eigenvalue weighted by Crippen LogP contribution is 2.67. The summed E-state index contributed by atoms with van der Waals surface area (Å²) in [5.41, 5.74) is 2.88. The fourth-order valence-corrected chi connectivity index (χ4v) is 9.35. The monoisotopic (exact) mass is 411 g/mol. The van der Waals surface area contributed by atoms with Gasteiger partial charge in [-0.15, -0.1) is 0 Å². The van der Waals surface area contributed by atoms with E-state index in [2.05, 4.69) is 31.7 Å². The Kier molecular flexibility index (Phi) is 5.60. The molecule has 5 rings (SSSR count). The molecule has 0 bridgehead atoms. The minimum atomic E-state index is 0.429. The van der Waals surface area contributed by atoms with Crippen LogP contribution in [0.5, 0.6) is 0 Å². The summed E-state index contributed by atoms with van der Waals surface area (Å²) in [5, 5.41) is 0. The number of allylic oxidation sites excluding steroid dienone is 2. The minimum Gasteiger partial charge on any atom is -0.343 e. The second kappa shape index (κ2) is 7.96. The van der Waals surface area contributed by atoms with Crippen LogP contribution in [-0.2, 0) is 4.79 Å². The molecule has 1 saturated heterocycles. The van der Waals surface area contributed by atoms with Gasteiger partial charge in [-0.3, -0.25) is 4.79 Å². The number of hydrogen-bond donors (Lipinski definition) is 0. The van der Waals surface area contributed by atoms with Gasteiger partial charge in [0.05, 0.1) is 0 Å². The second-order valence-electron chi connectivity index (χ2n) is 12.3. The summed E-state index contributed by atoms with van der Waals surface area (Å²) in [5.74, 6) is 4.76.